The van der Waals surface area contributed by atoms with Gasteiger partial charge in [-0.1, -0.05) is 0 Å². The molecule has 1 rings (SSSR count). The van der Waals surface area contributed by atoms with Gasteiger partial charge in [0.2, 0.25) is 0 Å². The summed E-state index contributed by atoms with van der Waals surface area (Å²) in [5.74, 6) is -0.0142. The van der Waals surface area contributed by atoms with Gasteiger partial charge in [0.15, 0.2) is 0 Å². The summed E-state index contributed by atoms with van der Waals surface area (Å²) in [7, 11) is 1.56. The van der Waals surface area contributed by atoms with Gasteiger partial charge in [-0.05, 0) is 12.8 Å². The highest BCUT2D eigenvalue weighted by Gasteiger charge is 2.25. The van der Waals surface area contributed by atoms with Crippen LogP contribution in [-0.2, 0) is 9.24 Å². The molecular formula is C6H9ClN2O2S. The number of hydrogen-bond donors (Lipinski definition) is 0. The fourth-order valence-corrected chi connectivity index (χ4v) is 2.26. The van der Waals surface area contributed by atoms with E-state index in [9.17, 15) is 8.42 Å². The van der Waals surface area contributed by atoms with Gasteiger partial charge in [-0.3, -0.25) is 0 Å². The van der Waals surface area contributed by atoms with E-state index >= 15 is 0 Å². The average Bonchev–Trinajstić information content (AvgIpc) is 2.03. The van der Waals surface area contributed by atoms with Crippen LogP contribution in [0.3, 0.4) is 0 Å². The van der Waals surface area contributed by atoms with E-state index in [0.29, 0.717) is 25.9 Å². The zero-order valence-electron chi connectivity index (χ0n) is 6.40. The molecule has 12 heavy (non-hydrogen) atoms. The molecule has 0 amide bonds. The summed E-state index contributed by atoms with van der Waals surface area (Å²) < 4.78 is 22.8. The Bertz CT molecular complexity index is 287. The molecule has 68 valence electrons. The summed E-state index contributed by atoms with van der Waals surface area (Å²) in [6.45, 7) is 0.730. The Balaban J connectivity index is 2.54. The van der Waals surface area contributed by atoms with Crippen molar-refractivity contribution >= 4 is 19.9 Å². The fraction of sp³-hybridized carbons (Fsp3) is 0.833. The minimum atomic E-state index is -3.56. The molecule has 4 nitrogen and oxygen atoms in total. The molecule has 0 radical (unpaired) electrons. The van der Waals surface area contributed by atoms with Gasteiger partial charge in [0, 0.05) is 29.7 Å². The predicted molar refractivity (Wildman–Crippen MR) is 44.7 cm³/mol. The summed E-state index contributed by atoms with van der Waals surface area (Å²) in [4.78, 5) is 0. The van der Waals surface area contributed by atoms with Crippen LogP contribution < -0.4 is 0 Å². The molecule has 6 heteroatoms. The van der Waals surface area contributed by atoms with E-state index in [1.807, 2.05) is 0 Å². The first kappa shape index (κ1) is 9.78. The van der Waals surface area contributed by atoms with Crippen LogP contribution in [0.15, 0.2) is 0 Å². The molecule has 0 atom stereocenters. The number of nitrogens with zero attached hydrogens (tertiary/aromatic N) is 2. The lowest BCUT2D eigenvalue weighted by Crippen LogP contribution is -2.35. The maximum absolute atomic E-state index is 10.8. The SMILES string of the molecule is N#CC1CCN(S(=O)(=O)Cl)CC1. The maximum Gasteiger partial charge on any atom is 0.299 e. The van der Waals surface area contributed by atoms with Crippen molar-refractivity contribution in [3.8, 4) is 6.07 Å². The topological polar surface area (TPSA) is 61.2 Å². The smallest absolute Gasteiger partial charge is 0.198 e. The van der Waals surface area contributed by atoms with Crippen LogP contribution in [0.1, 0.15) is 12.8 Å². The Hall–Kier alpha value is -0.310. The molecule has 0 aromatic heterocycles. The third kappa shape index (κ3) is 2.34. The highest BCUT2D eigenvalue weighted by Crippen LogP contribution is 2.19. The first-order chi connectivity index (χ1) is 5.54. The number of rotatable bonds is 1. The lowest BCUT2D eigenvalue weighted by Gasteiger charge is -2.25. The number of piperidine rings is 1. The molecular weight excluding hydrogens is 200 g/mol. The van der Waals surface area contributed by atoms with Crippen LogP contribution in [0.4, 0.5) is 0 Å². The van der Waals surface area contributed by atoms with Crippen LogP contribution in [0.25, 0.3) is 0 Å². The highest BCUT2D eigenvalue weighted by molar-refractivity contribution is 8.11. The van der Waals surface area contributed by atoms with Crippen LogP contribution in [-0.4, -0.2) is 25.8 Å². The standard InChI is InChI=1S/C6H9ClN2O2S/c7-12(10,11)9-3-1-6(5-8)2-4-9/h6H,1-4H2. The molecule has 0 bridgehead atoms. The van der Waals surface area contributed by atoms with E-state index in [1.54, 1.807) is 0 Å². The molecule has 0 aromatic rings. The van der Waals surface area contributed by atoms with E-state index < -0.39 is 9.24 Å². The quantitative estimate of drug-likeness (QED) is 0.597. The third-order valence-electron chi connectivity index (χ3n) is 1.94. The Kier molecular flexibility index (Phi) is 2.94. The summed E-state index contributed by atoms with van der Waals surface area (Å²) in [6.07, 6.45) is 1.17. The minimum Gasteiger partial charge on any atom is -0.198 e. The molecule has 1 aliphatic rings. The molecule has 0 N–H and O–H groups in total. The van der Waals surface area contributed by atoms with Crippen molar-refractivity contribution in [2.24, 2.45) is 5.92 Å². The maximum atomic E-state index is 10.8. The van der Waals surface area contributed by atoms with Gasteiger partial charge in [-0.25, -0.2) is 0 Å². The van der Waals surface area contributed by atoms with Gasteiger partial charge < -0.3 is 0 Å². The number of hydrogen-bond acceptors (Lipinski definition) is 3. The summed E-state index contributed by atoms with van der Waals surface area (Å²) in [5.41, 5.74) is 0. The molecule has 0 unspecified atom stereocenters. The normalized spacial score (nSPS) is 22.0. The van der Waals surface area contributed by atoms with Crippen LogP contribution in [0.2, 0.25) is 0 Å². The van der Waals surface area contributed by atoms with Gasteiger partial charge in [0.05, 0.1) is 6.07 Å². The predicted octanol–water partition coefficient (Wildman–Crippen LogP) is 0.706. The van der Waals surface area contributed by atoms with Crippen molar-refractivity contribution in [2.75, 3.05) is 13.1 Å². The third-order valence-corrected chi connectivity index (χ3v) is 3.51. The van der Waals surface area contributed by atoms with Crippen molar-refractivity contribution in [1.82, 2.24) is 4.31 Å². The van der Waals surface area contributed by atoms with E-state index in [4.69, 9.17) is 15.9 Å². The largest absolute Gasteiger partial charge is 0.299 e. The van der Waals surface area contributed by atoms with Gasteiger partial charge in [0.25, 0.3) is 9.24 Å². The Labute approximate surface area is 76.3 Å². The van der Waals surface area contributed by atoms with Gasteiger partial charge in [-0.15, -0.1) is 0 Å². The molecule has 1 fully saturated rings. The minimum absolute atomic E-state index is 0.0142. The number of nitriles is 1. The zero-order chi connectivity index (χ0) is 9.19. The van der Waals surface area contributed by atoms with Crippen molar-refractivity contribution < 1.29 is 8.42 Å². The van der Waals surface area contributed by atoms with Gasteiger partial charge >= 0.3 is 0 Å². The van der Waals surface area contributed by atoms with Crippen molar-refractivity contribution in [2.45, 2.75) is 12.8 Å². The molecule has 0 spiro atoms. The second-order valence-electron chi connectivity index (χ2n) is 2.74. The molecule has 1 aliphatic heterocycles. The second kappa shape index (κ2) is 3.60. The van der Waals surface area contributed by atoms with E-state index in [-0.39, 0.29) is 5.92 Å². The monoisotopic (exact) mass is 208 g/mol. The van der Waals surface area contributed by atoms with Gasteiger partial charge in [-0.2, -0.15) is 18.0 Å². The number of halogens is 1. The lowest BCUT2D eigenvalue weighted by molar-refractivity contribution is 0.315. The summed E-state index contributed by atoms with van der Waals surface area (Å²) >= 11 is 0. The van der Waals surface area contributed by atoms with E-state index in [2.05, 4.69) is 6.07 Å². The van der Waals surface area contributed by atoms with Crippen LogP contribution >= 0.6 is 10.7 Å². The fourth-order valence-electron chi connectivity index (χ4n) is 1.20. The zero-order valence-corrected chi connectivity index (χ0v) is 7.98. The van der Waals surface area contributed by atoms with E-state index in [0.717, 1.165) is 0 Å². The molecule has 0 saturated carbocycles. The Morgan fingerprint density at radius 3 is 2.25 bits per heavy atom. The molecule has 0 aromatic carbocycles. The van der Waals surface area contributed by atoms with Crippen LogP contribution in [0.5, 0.6) is 0 Å². The molecule has 1 heterocycles. The van der Waals surface area contributed by atoms with E-state index in [1.165, 1.54) is 4.31 Å². The van der Waals surface area contributed by atoms with Crippen molar-refractivity contribution in [3.63, 3.8) is 0 Å². The molecule has 0 aliphatic carbocycles. The summed E-state index contributed by atoms with van der Waals surface area (Å²) in [5, 5.41) is 8.53. The Morgan fingerprint density at radius 1 is 1.42 bits per heavy atom. The summed E-state index contributed by atoms with van der Waals surface area (Å²) in [6, 6.07) is 2.11. The van der Waals surface area contributed by atoms with Crippen LogP contribution in [0, 0.1) is 17.2 Å². The first-order valence-electron chi connectivity index (χ1n) is 3.63. The van der Waals surface area contributed by atoms with Crippen molar-refractivity contribution in [1.29, 1.82) is 5.26 Å². The van der Waals surface area contributed by atoms with Crippen molar-refractivity contribution in [3.05, 3.63) is 0 Å². The highest BCUT2D eigenvalue weighted by atomic mass is 35.7. The second-order valence-corrected chi connectivity index (χ2v) is 5.26. The lowest BCUT2D eigenvalue weighted by atomic mass is 10.0. The Morgan fingerprint density at radius 2 is 1.92 bits per heavy atom. The van der Waals surface area contributed by atoms with Gasteiger partial charge in [0.1, 0.15) is 0 Å². The average molecular weight is 209 g/mol. The first-order valence-corrected chi connectivity index (χ1v) is 5.90. The molecule has 1 saturated heterocycles.